The lowest BCUT2D eigenvalue weighted by Gasteiger charge is -2.26. The number of aromatic carboxylic acids is 1. The van der Waals surface area contributed by atoms with E-state index in [-0.39, 0.29) is 5.82 Å². The van der Waals surface area contributed by atoms with Crippen molar-refractivity contribution in [1.82, 2.24) is 24.5 Å². The number of halogens is 1. The van der Waals surface area contributed by atoms with E-state index >= 15 is 0 Å². The maximum Gasteiger partial charge on any atom is 0.374 e. The SMILES string of the molecule is CC1CCC(Cn2cnc3nc(C(=O)O)nc(-c4cncc(Cl)c4)c32)CC1. The molecular weight excluding hydrogens is 366 g/mol. The Hall–Kier alpha value is -2.54. The van der Waals surface area contributed by atoms with E-state index in [4.69, 9.17) is 11.6 Å². The fraction of sp³-hybridized carbons (Fsp3) is 0.421. The summed E-state index contributed by atoms with van der Waals surface area (Å²) < 4.78 is 2.04. The van der Waals surface area contributed by atoms with Crippen LogP contribution in [0.25, 0.3) is 22.4 Å². The van der Waals surface area contributed by atoms with Gasteiger partial charge in [-0.3, -0.25) is 4.98 Å². The molecule has 3 aromatic heterocycles. The number of pyridine rings is 1. The fourth-order valence-electron chi connectivity index (χ4n) is 3.75. The van der Waals surface area contributed by atoms with Crippen LogP contribution in [-0.2, 0) is 6.54 Å². The molecule has 0 unspecified atom stereocenters. The first-order chi connectivity index (χ1) is 13.0. The molecular formula is C19H20ClN5O2. The molecule has 1 saturated carbocycles. The molecule has 0 aromatic carbocycles. The molecule has 0 saturated heterocycles. The highest BCUT2D eigenvalue weighted by Crippen LogP contribution is 2.32. The predicted molar refractivity (Wildman–Crippen MR) is 102 cm³/mol. The second-order valence-electron chi connectivity index (χ2n) is 7.29. The van der Waals surface area contributed by atoms with E-state index in [1.807, 2.05) is 4.57 Å². The number of carboxylic acids is 1. The third-order valence-electron chi connectivity index (χ3n) is 5.23. The van der Waals surface area contributed by atoms with E-state index < -0.39 is 5.97 Å². The largest absolute Gasteiger partial charge is 0.475 e. The third-order valence-corrected chi connectivity index (χ3v) is 5.44. The number of carboxylic acid groups (broad SMARTS) is 1. The lowest BCUT2D eigenvalue weighted by atomic mass is 9.83. The van der Waals surface area contributed by atoms with E-state index in [9.17, 15) is 9.90 Å². The number of nitrogens with zero attached hydrogens (tertiary/aromatic N) is 5. The molecule has 27 heavy (non-hydrogen) atoms. The second-order valence-corrected chi connectivity index (χ2v) is 7.72. The van der Waals surface area contributed by atoms with Crippen LogP contribution in [0.5, 0.6) is 0 Å². The molecule has 1 fully saturated rings. The normalized spacial score (nSPS) is 20.1. The molecule has 0 radical (unpaired) electrons. The van der Waals surface area contributed by atoms with Crippen molar-refractivity contribution in [2.24, 2.45) is 11.8 Å². The lowest BCUT2D eigenvalue weighted by Crippen LogP contribution is -2.17. The second kappa shape index (κ2) is 7.23. The van der Waals surface area contributed by atoms with Crippen LogP contribution in [-0.4, -0.2) is 35.6 Å². The van der Waals surface area contributed by atoms with Crippen molar-refractivity contribution in [3.05, 3.63) is 35.6 Å². The summed E-state index contributed by atoms with van der Waals surface area (Å²) in [5, 5.41) is 9.82. The van der Waals surface area contributed by atoms with Gasteiger partial charge in [-0.25, -0.2) is 19.7 Å². The number of imidazole rings is 1. The molecule has 0 bridgehead atoms. The van der Waals surface area contributed by atoms with Gasteiger partial charge in [-0.1, -0.05) is 31.4 Å². The van der Waals surface area contributed by atoms with Crippen LogP contribution in [0.3, 0.4) is 0 Å². The molecule has 1 N–H and O–H groups in total. The summed E-state index contributed by atoms with van der Waals surface area (Å²) in [7, 11) is 0. The molecule has 8 heteroatoms. The predicted octanol–water partition coefficient (Wildman–Crippen LogP) is 4.07. The Kier molecular flexibility index (Phi) is 4.78. The van der Waals surface area contributed by atoms with Gasteiger partial charge in [0.15, 0.2) is 5.65 Å². The van der Waals surface area contributed by atoms with E-state index in [1.54, 1.807) is 18.6 Å². The van der Waals surface area contributed by atoms with Gasteiger partial charge in [0, 0.05) is 24.5 Å². The standard InChI is InChI=1S/C19H20ClN5O2/c1-11-2-4-12(5-3-11)9-25-10-22-17-16(25)15(23-18(24-17)19(26)27)13-6-14(20)8-21-7-13/h6-8,10-12H,2-5,9H2,1H3,(H,26,27). The highest BCUT2D eigenvalue weighted by Gasteiger charge is 2.22. The maximum atomic E-state index is 11.4. The third kappa shape index (κ3) is 3.64. The van der Waals surface area contributed by atoms with Crippen LogP contribution in [0.1, 0.15) is 43.2 Å². The van der Waals surface area contributed by atoms with Gasteiger partial charge >= 0.3 is 5.97 Å². The first-order valence-corrected chi connectivity index (χ1v) is 9.46. The van der Waals surface area contributed by atoms with Gasteiger partial charge in [-0.05, 0) is 30.7 Å². The Balaban J connectivity index is 1.81. The summed E-state index contributed by atoms with van der Waals surface area (Å²) in [6.45, 7) is 3.12. The Morgan fingerprint density at radius 1 is 1.26 bits per heavy atom. The van der Waals surface area contributed by atoms with Crippen molar-refractivity contribution in [3.63, 3.8) is 0 Å². The van der Waals surface area contributed by atoms with Crippen LogP contribution < -0.4 is 0 Å². The Morgan fingerprint density at radius 2 is 2.04 bits per heavy atom. The molecule has 0 amide bonds. The summed E-state index contributed by atoms with van der Waals surface area (Å²) in [5.74, 6) is -0.114. The van der Waals surface area contributed by atoms with Crippen LogP contribution in [0.15, 0.2) is 24.8 Å². The first-order valence-electron chi connectivity index (χ1n) is 9.08. The van der Waals surface area contributed by atoms with E-state index in [1.165, 1.54) is 31.9 Å². The topological polar surface area (TPSA) is 93.8 Å². The fourth-order valence-corrected chi connectivity index (χ4v) is 3.92. The van der Waals surface area contributed by atoms with Gasteiger partial charge in [0.2, 0.25) is 5.82 Å². The Labute approximate surface area is 161 Å². The molecule has 3 aromatic rings. The maximum absolute atomic E-state index is 11.4. The van der Waals surface area contributed by atoms with Crippen LogP contribution in [0, 0.1) is 11.8 Å². The summed E-state index contributed by atoms with van der Waals surface area (Å²) in [5.41, 5.74) is 2.25. The van der Waals surface area contributed by atoms with Gasteiger partial charge in [0.05, 0.1) is 11.3 Å². The molecule has 0 spiro atoms. The number of hydrogen-bond acceptors (Lipinski definition) is 5. The average molecular weight is 386 g/mol. The zero-order valence-electron chi connectivity index (χ0n) is 15.0. The molecule has 1 aliphatic rings. The minimum atomic E-state index is -1.19. The Bertz CT molecular complexity index is 995. The molecule has 140 valence electrons. The number of aromatic nitrogens is 5. The average Bonchev–Trinajstić information content (AvgIpc) is 3.05. The summed E-state index contributed by atoms with van der Waals surface area (Å²) >= 11 is 6.09. The Morgan fingerprint density at radius 3 is 2.74 bits per heavy atom. The van der Waals surface area contributed by atoms with E-state index in [0.717, 1.165) is 18.0 Å². The minimum Gasteiger partial charge on any atom is -0.475 e. The molecule has 4 rings (SSSR count). The zero-order valence-corrected chi connectivity index (χ0v) is 15.7. The molecule has 0 aliphatic heterocycles. The highest BCUT2D eigenvalue weighted by molar-refractivity contribution is 6.30. The number of hydrogen-bond donors (Lipinski definition) is 1. The minimum absolute atomic E-state index is 0.283. The van der Waals surface area contributed by atoms with Crippen LogP contribution in [0.2, 0.25) is 5.02 Å². The van der Waals surface area contributed by atoms with Gasteiger partial charge in [-0.15, -0.1) is 0 Å². The van der Waals surface area contributed by atoms with Crippen molar-refractivity contribution in [2.45, 2.75) is 39.2 Å². The highest BCUT2D eigenvalue weighted by atomic mass is 35.5. The molecule has 0 atom stereocenters. The number of rotatable bonds is 4. The summed E-state index contributed by atoms with van der Waals surface area (Å²) in [6.07, 6.45) is 9.72. The van der Waals surface area contributed by atoms with E-state index in [0.29, 0.717) is 27.8 Å². The van der Waals surface area contributed by atoms with Crippen molar-refractivity contribution in [2.75, 3.05) is 0 Å². The first kappa shape index (κ1) is 17.9. The van der Waals surface area contributed by atoms with Gasteiger partial charge in [0.25, 0.3) is 0 Å². The van der Waals surface area contributed by atoms with E-state index in [2.05, 4.69) is 26.9 Å². The molecule has 1 aliphatic carbocycles. The molecule has 3 heterocycles. The van der Waals surface area contributed by atoms with Crippen molar-refractivity contribution < 1.29 is 9.90 Å². The van der Waals surface area contributed by atoms with Gasteiger partial charge in [0.1, 0.15) is 11.2 Å². The summed E-state index contributed by atoms with van der Waals surface area (Å²) in [4.78, 5) is 28.3. The van der Waals surface area contributed by atoms with Gasteiger partial charge < -0.3 is 9.67 Å². The summed E-state index contributed by atoms with van der Waals surface area (Å²) in [6, 6.07) is 1.72. The van der Waals surface area contributed by atoms with Crippen molar-refractivity contribution in [3.8, 4) is 11.3 Å². The van der Waals surface area contributed by atoms with Crippen molar-refractivity contribution >= 4 is 28.7 Å². The van der Waals surface area contributed by atoms with Crippen LogP contribution in [0.4, 0.5) is 0 Å². The molecule has 7 nitrogen and oxygen atoms in total. The van der Waals surface area contributed by atoms with Gasteiger partial charge in [-0.2, -0.15) is 0 Å². The zero-order chi connectivity index (χ0) is 19.0. The smallest absolute Gasteiger partial charge is 0.374 e. The lowest BCUT2D eigenvalue weighted by molar-refractivity contribution is 0.0684. The van der Waals surface area contributed by atoms with Crippen molar-refractivity contribution in [1.29, 1.82) is 0 Å². The number of fused-ring (bicyclic) bond motifs is 1. The monoisotopic (exact) mass is 385 g/mol. The quantitative estimate of drug-likeness (QED) is 0.727. The number of carbonyl (C=O) groups is 1. The van der Waals surface area contributed by atoms with Crippen LogP contribution >= 0.6 is 11.6 Å².